The molecule has 0 aromatic heterocycles. The summed E-state index contributed by atoms with van der Waals surface area (Å²) in [4.78, 5) is 18.8. The first-order valence-corrected chi connectivity index (χ1v) is 15.3. The van der Waals surface area contributed by atoms with Crippen molar-refractivity contribution in [1.82, 2.24) is 10.2 Å². The molecule has 42 heavy (non-hydrogen) atoms. The average Bonchev–Trinajstić information content (AvgIpc) is 2.92. The van der Waals surface area contributed by atoms with Crippen LogP contribution in [0.3, 0.4) is 0 Å². The van der Waals surface area contributed by atoms with Crippen LogP contribution in [0.1, 0.15) is 79.1 Å². The molecule has 1 saturated carbocycles. The highest BCUT2D eigenvalue weighted by Gasteiger charge is 2.49. The summed E-state index contributed by atoms with van der Waals surface area (Å²) >= 11 is 0. The zero-order valence-corrected chi connectivity index (χ0v) is 27.0. The molecule has 1 amide bonds. The van der Waals surface area contributed by atoms with Crippen molar-refractivity contribution in [2.45, 2.75) is 121 Å². The number of ether oxygens (including phenoxy) is 3. The van der Waals surface area contributed by atoms with Crippen LogP contribution in [-0.2, 0) is 19.0 Å². The molecular formula is C32H57N5O5. The number of allylic oxidation sites excluding steroid dienone is 6. The van der Waals surface area contributed by atoms with E-state index in [1.165, 1.54) is 21.6 Å². The van der Waals surface area contributed by atoms with E-state index in [4.69, 9.17) is 25.7 Å². The largest absolute Gasteiger partial charge is 0.391 e. The number of rotatable bonds is 15. The van der Waals surface area contributed by atoms with Gasteiger partial charge < -0.3 is 41.0 Å². The van der Waals surface area contributed by atoms with Gasteiger partial charge in [0.2, 0.25) is 5.91 Å². The molecule has 10 heteroatoms. The first-order chi connectivity index (χ1) is 19.9. The molecule has 0 spiro atoms. The topological polar surface area (TPSA) is 145 Å². The van der Waals surface area contributed by atoms with Gasteiger partial charge in [-0.15, -0.1) is 0 Å². The summed E-state index contributed by atoms with van der Waals surface area (Å²) in [6.07, 6.45) is 12.1. The van der Waals surface area contributed by atoms with Crippen LogP contribution in [-0.4, -0.2) is 98.8 Å². The van der Waals surface area contributed by atoms with Crippen molar-refractivity contribution in [2.75, 3.05) is 34.3 Å². The van der Waals surface area contributed by atoms with E-state index in [9.17, 15) is 9.90 Å². The van der Waals surface area contributed by atoms with Gasteiger partial charge in [0.05, 0.1) is 30.4 Å². The minimum Gasteiger partial charge on any atom is -0.391 e. The van der Waals surface area contributed by atoms with Crippen molar-refractivity contribution in [3.8, 4) is 0 Å². The number of aliphatic hydroxyl groups excluding tert-OH is 1. The maximum atomic E-state index is 13.0. The van der Waals surface area contributed by atoms with E-state index in [0.717, 1.165) is 38.5 Å². The second-order valence-electron chi connectivity index (χ2n) is 12.3. The van der Waals surface area contributed by atoms with Crippen molar-refractivity contribution in [2.24, 2.45) is 16.5 Å². The maximum Gasteiger partial charge on any atom is 0.244 e. The fourth-order valence-electron chi connectivity index (χ4n) is 5.60. The molecule has 2 aliphatic rings. The van der Waals surface area contributed by atoms with Gasteiger partial charge in [0.1, 0.15) is 12.3 Å². The van der Waals surface area contributed by atoms with Crippen molar-refractivity contribution >= 4 is 12.1 Å². The Morgan fingerprint density at radius 2 is 1.83 bits per heavy atom. The second-order valence-corrected chi connectivity index (χ2v) is 12.3. The molecule has 1 saturated heterocycles. The van der Waals surface area contributed by atoms with E-state index in [2.05, 4.69) is 50.2 Å². The quantitative estimate of drug-likeness (QED) is 0.129. The summed E-state index contributed by atoms with van der Waals surface area (Å²) in [5.41, 5.74) is 15.7. The second kappa shape index (κ2) is 18.0. The molecule has 1 aliphatic carbocycles. The Bertz CT molecular complexity index is 963. The summed E-state index contributed by atoms with van der Waals surface area (Å²) in [6, 6.07) is -0.896. The van der Waals surface area contributed by atoms with Crippen LogP contribution in [0, 0.1) is 0 Å². The van der Waals surface area contributed by atoms with E-state index in [0.29, 0.717) is 6.54 Å². The summed E-state index contributed by atoms with van der Waals surface area (Å²) < 4.78 is 17.9. The van der Waals surface area contributed by atoms with Gasteiger partial charge in [-0.05, 0) is 79.3 Å². The zero-order valence-electron chi connectivity index (χ0n) is 27.0. The van der Waals surface area contributed by atoms with Gasteiger partial charge in [-0.2, -0.15) is 0 Å². The van der Waals surface area contributed by atoms with E-state index >= 15 is 0 Å². The van der Waals surface area contributed by atoms with E-state index in [-0.39, 0.29) is 37.4 Å². The number of likely N-dealkylation sites (N-methyl/N-ethyl adjacent to an activating group) is 2. The number of amides is 1. The monoisotopic (exact) mass is 591 g/mol. The van der Waals surface area contributed by atoms with E-state index in [1.54, 1.807) is 20.4 Å². The highest BCUT2D eigenvalue weighted by atomic mass is 16.7. The predicted octanol–water partition coefficient (Wildman–Crippen LogP) is 3.20. The first kappa shape index (κ1) is 36.3. The highest BCUT2D eigenvalue weighted by molar-refractivity contribution is 5.81. The molecule has 0 aromatic rings. The van der Waals surface area contributed by atoms with Crippen molar-refractivity contribution < 1.29 is 24.1 Å². The number of aliphatic hydroxyl groups is 1. The van der Waals surface area contributed by atoms with Gasteiger partial charge in [0.15, 0.2) is 6.29 Å². The normalized spacial score (nSPS) is 30.9. The van der Waals surface area contributed by atoms with Crippen LogP contribution in [0.4, 0.5) is 0 Å². The third-order valence-corrected chi connectivity index (χ3v) is 8.11. The lowest BCUT2D eigenvalue weighted by Gasteiger charge is -2.49. The molecule has 0 bridgehead atoms. The number of carbonyl (C=O) groups is 1. The number of carbonyl (C=O) groups excluding carboxylic acids is 1. The van der Waals surface area contributed by atoms with Crippen LogP contribution in [0.5, 0.6) is 0 Å². The molecule has 1 aliphatic heterocycles. The molecule has 6 N–H and O–H groups in total. The Kier molecular flexibility index (Phi) is 15.6. The molecule has 0 radical (unpaired) electrons. The molecule has 1 heterocycles. The number of aliphatic imine (C=N–C) groups is 1. The van der Waals surface area contributed by atoms with Gasteiger partial charge in [-0.25, -0.2) is 0 Å². The molecular weight excluding hydrogens is 534 g/mol. The Hall–Kier alpha value is -1.92. The summed E-state index contributed by atoms with van der Waals surface area (Å²) in [7, 11) is 5.08. The fourth-order valence-corrected chi connectivity index (χ4v) is 5.60. The number of nitrogens with two attached hydrogens (primary N) is 2. The van der Waals surface area contributed by atoms with Crippen LogP contribution in [0.25, 0.3) is 0 Å². The lowest BCUT2D eigenvalue weighted by atomic mass is 9.82. The number of hydrogen-bond donors (Lipinski definition) is 4. The smallest absolute Gasteiger partial charge is 0.244 e. The SMILES string of the molecule is CNCC1CCC(N)[C@@H](OC2(N)CC(O)C(N(C)C(=O)CN=C/C=C(\C)CC/C=C(\C)CCC=C(C)C)[C@@H](OC)C2)O1. The Labute approximate surface area is 253 Å². The third kappa shape index (κ3) is 12.0. The summed E-state index contributed by atoms with van der Waals surface area (Å²) in [6.45, 7) is 9.17. The van der Waals surface area contributed by atoms with E-state index < -0.39 is 30.3 Å². The number of methoxy groups -OCH3 is 1. The fraction of sp³-hybridized carbons (Fsp3) is 0.750. The van der Waals surface area contributed by atoms with Crippen molar-refractivity contribution in [3.63, 3.8) is 0 Å². The molecule has 240 valence electrons. The minimum atomic E-state index is -1.20. The van der Waals surface area contributed by atoms with Crippen LogP contribution in [0.2, 0.25) is 0 Å². The Balaban J connectivity index is 1.88. The van der Waals surface area contributed by atoms with Crippen molar-refractivity contribution in [1.29, 1.82) is 0 Å². The van der Waals surface area contributed by atoms with Gasteiger partial charge >= 0.3 is 0 Å². The Morgan fingerprint density at radius 1 is 1.14 bits per heavy atom. The summed E-state index contributed by atoms with van der Waals surface area (Å²) in [5, 5.41) is 14.2. The molecule has 2 fully saturated rings. The lowest BCUT2D eigenvalue weighted by Crippen LogP contribution is -2.65. The van der Waals surface area contributed by atoms with Gasteiger partial charge in [-0.1, -0.05) is 28.9 Å². The molecule has 5 unspecified atom stereocenters. The van der Waals surface area contributed by atoms with Gasteiger partial charge in [-0.3, -0.25) is 9.79 Å². The lowest BCUT2D eigenvalue weighted by molar-refractivity contribution is -0.273. The molecule has 2 rings (SSSR count). The summed E-state index contributed by atoms with van der Waals surface area (Å²) in [5.74, 6) is -0.212. The third-order valence-electron chi connectivity index (χ3n) is 8.11. The molecule has 0 aromatic carbocycles. The van der Waals surface area contributed by atoms with Gasteiger partial charge in [0, 0.05) is 39.8 Å². The van der Waals surface area contributed by atoms with E-state index in [1.807, 2.05) is 13.1 Å². The van der Waals surface area contributed by atoms with Crippen LogP contribution >= 0.6 is 0 Å². The van der Waals surface area contributed by atoms with Crippen LogP contribution in [0.15, 0.2) is 39.9 Å². The molecule has 7 atom stereocenters. The predicted molar refractivity (Wildman–Crippen MR) is 169 cm³/mol. The average molecular weight is 592 g/mol. The number of nitrogens with one attached hydrogen (secondary N) is 1. The number of hydrogen-bond acceptors (Lipinski definition) is 9. The Morgan fingerprint density at radius 3 is 2.50 bits per heavy atom. The molecule has 10 nitrogen and oxygen atoms in total. The highest BCUT2D eigenvalue weighted by Crippen LogP contribution is 2.35. The van der Waals surface area contributed by atoms with Gasteiger partial charge in [0.25, 0.3) is 0 Å². The van der Waals surface area contributed by atoms with Crippen molar-refractivity contribution in [3.05, 3.63) is 34.9 Å². The zero-order chi connectivity index (χ0) is 31.3. The maximum absolute atomic E-state index is 13.0. The van der Waals surface area contributed by atoms with Crippen LogP contribution < -0.4 is 16.8 Å². The number of nitrogens with zero attached hydrogens (tertiary/aromatic N) is 2. The minimum absolute atomic E-state index is 0.0190. The standard InChI is InChI=1S/C32H57N5O5/c1-22(2)10-8-11-23(3)12-9-13-24(4)16-17-36-21-29(39)37(6)30-27(38)18-32(34,19-28(30)40-7)42-31-26(33)15-14-25(41-31)20-35-5/h10,12,16-17,25-28,30-31,35,38H,8-9,11,13-15,18-21,33-34H2,1-7H3/b23-12+,24-16+,36-17?/t25?,26?,27?,28-,30?,31+,32?/m0/s1. The first-order valence-electron chi connectivity index (χ1n) is 15.3.